The molecule has 0 heterocycles. The Morgan fingerprint density at radius 3 is 2.32 bits per heavy atom. The zero-order chi connectivity index (χ0) is 16.8. The third-order valence-corrected chi connectivity index (χ3v) is 2.68. The Morgan fingerprint density at radius 2 is 1.68 bits per heavy atom. The summed E-state index contributed by atoms with van der Waals surface area (Å²) in [5.41, 5.74) is 5.55. The van der Waals surface area contributed by atoms with E-state index in [1.165, 1.54) is 0 Å². The van der Waals surface area contributed by atoms with Crippen LogP contribution in [-0.4, -0.2) is 42.9 Å². The van der Waals surface area contributed by atoms with Crippen LogP contribution in [0, 0.1) is 10.1 Å². The van der Waals surface area contributed by atoms with E-state index in [9.17, 15) is 19.7 Å². The fourth-order valence-electron chi connectivity index (χ4n) is 1.48. The van der Waals surface area contributed by atoms with Crippen molar-refractivity contribution in [1.29, 1.82) is 0 Å². The number of esters is 2. The van der Waals surface area contributed by atoms with Gasteiger partial charge in [0, 0.05) is 0 Å². The van der Waals surface area contributed by atoms with Gasteiger partial charge in [-0.25, -0.2) is 0 Å². The molecule has 9 nitrogen and oxygen atoms in total. The summed E-state index contributed by atoms with van der Waals surface area (Å²) >= 11 is 0. The fraction of sp³-hybridized carbons (Fsp3) is 0.846. The Hall–Kier alpha value is -1.90. The molecule has 1 unspecified atom stereocenters. The number of carbonyl (C=O) groups excluding carboxylic acids is 2. The molecule has 9 heteroatoms. The second kappa shape index (κ2) is 12.8. The summed E-state index contributed by atoms with van der Waals surface area (Å²) in [5, 5.41) is 9.00. The highest BCUT2D eigenvalue weighted by Gasteiger charge is 2.19. The first-order chi connectivity index (χ1) is 10.5. The number of hydrogen-bond acceptors (Lipinski definition) is 8. The van der Waals surface area contributed by atoms with Crippen LogP contribution in [0.15, 0.2) is 0 Å². The number of ether oxygens (including phenoxy) is 2. The minimum Gasteiger partial charge on any atom is -0.466 e. The highest BCUT2D eigenvalue weighted by atomic mass is 16.9. The van der Waals surface area contributed by atoms with Crippen LogP contribution in [0.3, 0.4) is 0 Å². The van der Waals surface area contributed by atoms with Crippen molar-refractivity contribution in [3.8, 4) is 0 Å². The molecular formula is C13H24N2O7. The van der Waals surface area contributed by atoms with Gasteiger partial charge in [-0.1, -0.05) is 19.8 Å². The monoisotopic (exact) mass is 320 g/mol. The Bertz CT molecular complexity index is 349. The van der Waals surface area contributed by atoms with Gasteiger partial charge in [-0.05, 0) is 19.3 Å². The molecule has 0 aliphatic rings. The Labute approximate surface area is 129 Å². The molecule has 128 valence electrons. The number of nitrogens with zero attached hydrogens (tertiary/aromatic N) is 1. The predicted molar refractivity (Wildman–Crippen MR) is 76.2 cm³/mol. The average molecular weight is 320 g/mol. The molecule has 0 saturated carbocycles. The lowest BCUT2D eigenvalue weighted by atomic mass is 10.2. The van der Waals surface area contributed by atoms with Gasteiger partial charge in [0.1, 0.15) is 6.04 Å². The maximum Gasteiger partial charge on any atom is 0.323 e. The summed E-state index contributed by atoms with van der Waals surface area (Å²) < 4.78 is 9.80. The van der Waals surface area contributed by atoms with E-state index in [1.54, 1.807) is 0 Å². The van der Waals surface area contributed by atoms with Gasteiger partial charge in [-0.2, -0.15) is 0 Å². The van der Waals surface area contributed by atoms with Crippen molar-refractivity contribution < 1.29 is 29.0 Å². The van der Waals surface area contributed by atoms with Crippen molar-refractivity contribution in [1.82, 2.24) is 0 Å². The Balaban J connectivity index is 3.64. The predicted octanol–water partition coefficient (Wildman–Crippen LogP) is 0.969. The third kappa shape index (κ3) is 11.9. The largest absolute Gasteiger partial charge is 0.466 e. The maximum absolute atomic E-state index is 11.5. The van der Waals surface area contributed by atoms with Gasteiger partial charge in [-0.3, -0.25) is 9.59 Å². The third-order valence-electron chi connectivity index (χ3n) is 2.68. The first kappa shape index (κ1) is 20.1. The van der Waals surface area contributed by atoms with Crippen LogP contribution in [0.4, 0.5) is 0 Å². The summed E-state index contributed by atoms with van der Waals surface area (Å²) in [6, 6.07) is -1.04. The van der Waals surface area contributed by atoms with Crippen LogP contribution in [0.1, 0.15) is 45.4 Å². The van der Waals surface area contributed by atoms with Crippen LogP contribution >= 0.6 is 0 Å². The molecule has 0 aliphatic heterocycles. The Morgan fingerprint density at radius 1 is 1.09 bits per heavy atom. The summed E-state index contributed by atoms with van der Waals surface area (Å²) in [5.74, 6) is -1.22. The molecule has 0 radical (unpaired) electrons. The molecule has 0 fully saturated rings. The fourth-order valence-corrected chi connectivity index (χ4v) is 1.48. The molecule has 0 amide bonds. The van der Waals surface area contributed by atoms with Crippen LogP contribution < -0.4 is 5.73 Å². The van der Waals surface area contributed by atoms with E-state index < -0.39 is 23.1 Å². The first-order valence-electron chi connectivity index (χ1n) is 7.32. The normalized spacial score (nSPS) is 11.5. The van der Waals surface area contributed by atoms with Crippen molar-refractivity contribution in [2.45, 2.75) is 51.5 Å². The number of carbonyl (C=O) groups is 2. The second-order valence-electron chi connectivity index (χ2n) is 4.67. The Kier molecular flexibility index (Phi) is 11.7. The van der Waals surface area contributed by atoms with E-state index in [0.717, 1.165) is 19.3 Å². The number of rotatable bonds is 13. The van der Waals surface area contributed by atoms with Gasteiger partial charge in [0.15, 0.2) is 0 Å². The molecule has 0 saturated heterocycles. The molecule has 0 spiro atoms. The first-order valence-corrected chi connectivity index (χ1v) is 7.32. The molecule has 0 aromatic rings. The van der Waals surface area contributed by atoms with Gasteiger partial charge in [0.25, 0.3) is 5.09 Å². The van der Waals surface area contributed by atoms with Gasteiger partial charge in [0.05, 0.1) is 26.2 Å². The molecule has 0 aromatic carbocycles. The molecule has 0 bridgehead atoms. The highest BCUT2D eigenvalue weighted by Crippen LogP contribution is 2.00. The van der Waals surface area contributed by atoms with Crippen molar-refractivity contribution in [2.75, 3.05) is 19.8 Å². The number of hydrogen-bond donors (Lipinski definition) is 1. The van der Waals surface area contributed by atoms with Crippen molar-refractivity contribution in [2.24, 2.45) is 5.73 Å². The van der Waals surface area contributed by atoms with Crippen LogP contribution in [0.5, 0.6) is 0 Å². The smallest absolute Gasteiger partial charge is 0.323 e. The minimum absolute atomic E-state index is 0.0475. The van der Waals surface area contributed by atoms with E-state index in [2.05, 4.69) is 4.84 Å². The molecule has 2 N–H and O–H groups in total. The van der Waals surface area contributed by atoms with Crippen LogP contribution in [0.25, 0.3) is 0 Å². The number of nitrogens with two attached hydrogens (primary N) is 1. The van der Waals surface area contributed by atoms with Crippen LogP contribution in [0.2, 0.25) is 0 Å². The summed E-state index contributed by atoms with van der Waals surface area (Å²) in [4.78, 5) is 36.9. The van der Waals surface area contributed by atoms with Gasteiger partial charge in [0.2, 0.25) is 0 Å². The lowest BCUT2D eigenvalue weighted by Gasteiger charge is -2.11. The molecule has 22 heavy (non-hydrogen) atoms. The molecule has 0 rings (SSSR count). The van der Waals surface area contributed by atoms with E-state index >= 15 is 0 Å². The van der Waals surface area contributed by atoms with E-state index in [-0.39, 0.29) is 19.6 Å². The van der Waals surface area contributed by atoms with Gasteiger partial charge in [-0.15, -0.1) is 10.1 Å². The topological polar surface area (TPSA) is 131 Å². The number of unbranched alkanes of at least 4 members (excludes halogenated alkanes) is 3. The van der Waals surface area contributed by atoms with Gasteiger partial charge < -0.3 is 20.0 Å². The van der Waals surface area contributed by atoms with Crippen molar-refractivity contribution >= 4 is 11.9 Å². The highest BCUT2D eigenvalue weighted by molar-refractivity contribution is 5.82. The van der Waals surface area contributed by atoms with E-state index in [4.69, 9.17) is 15.2 Å². The summed E-state index contributed by atoms with van der Waals surface area (Å²) in [7, 11) is 0. The lowest BCUT2D eigenvalue weighted by Crippen LogP contribution is -2.35. The SMILES string of the molecule is CCCCCOC(=O)C(N)CC(=O)OCCCCO[N+](=O)[O-]. The zero-order valence-electron chi connectivity index (χ0n) is 12.8. The summed E-state index contributed by atoms with van der Waals surface area (Å²) in [6.07, 6.45) is 3.31. The minimum atomic E-state index is -1.04. The second-order valence-corrected chi connectivity index (χ2v) is 4.67. The lowest BCUT2D eigenvalue weighted by molar-refractivity contribution is -0.757. The molecule has 0 aromatic heterocycles. The zero-order valence-corrected chi connectivity index (χ0v) is 12.8. The summed E-state index contributed by atoms with van der Waals surface area (Å²) in [6.45, 7) is 2.38. The molecule has 0 aliphatic carbocycles. The van der Waals surface area contributed by atoms with Crippen LogP contribution in [-0.2, 0) is 23.9 Å². The van der Waals surface area contributed by atoms with E-state index in [1.807, 2.05) is 6.92 Å². The molecular weight excluding hydrogens is 296 g/mol. The average Bonchev–Trinajstić information content (AvgIpc) is 2.46. The van der Waals surface area contributed by atoms with Gasteiger partial charge >= 0.3 is 11.9 Å². The van der Waals surface area contributed by atoms with Crippen molar-refractivity contribution in [3.63, 3.8) is 0 Å². The van der Waals surface area contributed by atoms with Crippen molar-refractivity contribution in [3.05, 3.63) is 10.1 Å². The molecule has 1 atom stereocenters. The quantitative estimate of drug-likeness (QED) is 0.230. The van der Waals surface area contributed by atoms with E-state index in [0.29, 0.717) is 19.4 Å². The standard InChI is InChI=1S/C13H24N2O7/c1-2-3-4-8-21-13(17)11(14)10-12(16)20-7-5-6-9-22-15(18)19/h11H,2-10,14H2,1H3. The maximum atomic E-state index is 11.5.